The second-order valence-corrected chi connectivity index (χ2v) is 7.07. The molecule has 1 heterocycles. The van der Waals surface area contributed by atoms with Gasteiger partial charge in [-0.3, -0.25) is 0 Å². The van der Waals surface area contributed by atoms with E-state index in [4.69, 9.17) is 5.11 Å². The van der Waals surface area contributed by atoms with Gasteiger partial charge < -0.3 is 9.67 Å². The molecule has 1 aliphatic rings. The van der Waals surface area contributed by atoms with Crippen LogP contribution in [-0.2, 0) is 16.6 Å². The lowest BCUT2D eigenvalue weighted by atomic mass is 10.2. The quantitative estimate of drug-likeness (QED) is 0.801. The lowest BCUT2D eigenvalue weighted by molar-refractivity contribution is 0.0685. The molecule has 2 rings (SSSR count). The molecule has 1 aromatic heterocycles. The minimum Gasteiger partial charge on any atom is -0.477 e. The van der Waals surface area contributed by atoms with Crippen LogP contribution in [0.4, 0.5) is 0 Å². The van der Waals surface area contributed by atoms with Gasteiger partial charge in [-0.25, -0.2) is 17.9 Å². The highest BCUT2D eigenvalue weighted by molar-refractivity contribution is 7.89. The van der Waals surface area contributed by atoms with E-state index in [1.54, 1.807) is 6.92 Å². The van der Waals surface area contributed by atoms with E-state index in [0.717, 1.165) is 6.42 Å². The first-order valence-electron chi connectivity index (χ1n) is 6.79. The minimum absolute atomic E-state index is 0.0114. The molecule has 1 saturated carbocycles. The number of carboxylic acids is 1. The van der Waals surface area contributed by atoms with Gasteiger partial charge >= 0.3 is 5.97 Å². The number of rotatable bonds is 7. The molecule has 2 N–H and O–H groups in total. The third-order valence-electron chi connectivity index (χ3n) is 3.48. The Morgan fingerprint density at radius 2 is 2.20 bits per heavy atom. The van der Waals surface area contributed by atoms with Gasteiger partial charge in [0.05, 0.1) is 0 Å². The van der Waals surface area contributed by atoms with Crippen LogP contribution < -0.4 is 4.72 Å². The molecule has 6 nitrogen and oxygen atoms in total. The molecule has 0 saturated heterocycles. The van der Waals surface area contributed by atoms with E-state index in [1.165, 1.54) is 29.7 Å². The van der Waals surface area contributed by atoms with Crippen molar-refractivity contribution in [2.45, 2.75) is 50.6 Å². The maximum absolute atomic E-state index is 12.2. The van der Waals surface area contributed by atoms with Crippen molar-refractivity contribution in [3.05, 3.63) is 18.0 Å². The van der Waals surface area contributed by atoms with E-state index in [-0.39, 0.29) is 16.6 Å². The summed E-state index contributed by atoms with van der Waals surface area (Å²) in [4.78, 5) is 11.1. The number of carboxylic acid groups (broad SMARTS) is 1. The number of aryl methyl sites for hydroxylation is 1. The Balaban J connectivity index is 2.17. The highest BCUT2D eigenvalue weighted by Gasteiger charge is 2.27. The molecule has 7 heteroatoms. The van der Waals surface area contributed by atoms with Gasteiger partial charge in [-0.1, -0.05) is 12.8 Å². The van der Waals surface area contributed by atoms with Gasteiger partial charge in [0.2, 0.25) is 10.0 Å². The third kappa shape index (κ3) is 3.40. The summed E-state index contributed by atoms with van der Waals surface area (Å²) in [6.45, 7) is 4.02. The van der Waals surface area contributed by atoms with Crippen LogP contribution in [0.15, 0.2) is 17.2 Å². The van der Waals surface area contributed by atoms with E-state index < -0.39 is 16.0 Å². The number of carbonyl (C=O) groups is 1. The van der Waals surface area contributed by atoms with E-state index in [0.29, 0.717) is 12.5 Å². The summed E-state index contributed by atoms with van der Waals surface area (Å²) in [7, 11) is -3.66. The summed E-state index contributed by atoms with van der Waals surface area (Å²) in [5, 5.41) is 9.05. The fourth-order valence-electron chi connectivity index (χ4n) is 2.31. The number of hydrogen-bond donors (Lipinski definition) is 2. The van der Waals surface area contributed by atoms with Crippen LogP contribution in [0.25, 0.3) is 0 Å². The van der Waals surface area contributed by atoms with Gasteiger partial charge in [0.15, 0.2) is 0 Å². The molecule has 0 aromatic carbocycles. The smallest absolute Gasteiger partial charge is 0.352 e. The highest BCUT2D eigenvalue weighted by atomic mass is 32.2. The fourth-order valence-corrected chi connectivity index (χ4v) is 3.60. The van der Waals surface area contributed by atoms with Crippen molar-refractivity contribution in [3.63, 3.8) is 0 Å². The molecule has 1 unspecified atom stereocenters. The molecule has 1 aromatic rings. The zero-order chi connectivity index (χ0) is 14.9. The highest BCUT2D eigenvalue weighted by Crippen LogP contribution is 2.33. The molecule has 0 amide bonds. The number of aromatic nitrogens is 1. The Morgan fingerprint density at radius 3 is 2.65 bits per heavy atom. The van der Waals surface area contributed by atoms with Crippen molar-refractivity contribution in [1.82, 2.24) is 9.29 Å². The first kappa shape index (κ1) is 15.1. The molecule has 0 radical (unpaired) electrons. The molecule has 0 spiro atoms. The Morgan fingerprint density at radius 1 is 1.55 bits per heavy atom. The molecular formula is C13H20N2O4S. The van der Waals surface area contributed by atoms with E-state index >= 15 is 0 Å². The van der Waals surface area contributed by atoms with Crippen LogP contribution >= 0.6 is 0 Å². The monoisotopic (exact) mass is 300 g/mol. The van der Waals surface area contributed by atoms with Gasteiger partial charge in [-0.2, -0.15) is 0 Å². The van der Waals surface area contributed by atoms with Crippen LogP contribution in [0.1, 0.15) is 43.6 Å². The maximum atomic E-state index is 12.2. The summed E-state index contributed by atoms with van der Waals surface area (Å²) in [5.41, 5.74) is -0.0114. The summed E-state index contributed by atoms with van der Waals surface area (Å²) in [6, 6.07) is 1.07. The Bertz CT molecular complexity index is 602. The van der Waals surface area contributed by atoms with Crippen LogP contribution in [0, 0.1) is 5.92 Å². The molecule has 0 aliphatic heterocycles. The van der Waals surface area contributed by atoms with Crippen LogP contribution in [0.2, 0.25) is 0 Å². The molecular weight excluding hydrogens is 280 g/mol. The van der Waals surface area contributed by atoms with Gasteiger partial charge in [-0.05, 0) is 32.3 Å². The second kappa shape index (κ2) is 5.57. The van der Waals surface area contributed by atoms with Crippen molar-refractivity contribution in [1.29, 1.82) is 0 Å². The Kier molecular flexibility index (Phi) is 4.19. The fraction of sp³-hybridized carbons (Fsp3) is 0.615. The van der Waals surface area contributed by atoms with Crippen molar-refractivity contribution in [2.24, 2.45) is 5.92 Å². The number of nitrogens with one attached hydrogen (secondary N) is 1. The van der Waals surface area contributed by atoms with Crippen molar-refractivity contribution in [2.75, 3.05) is 0 Å². The van der Waals surface area contributed by atoms with Gasteiger partial charge in [0.1, 0.15) is 10.6 Å². The first-order chi connectivity index (χ1) is 9.33. The SMILES string of the molecule is CCn1cc(S(=O)(=O)NC(C)CC2CC2)cc1C(=O)O. The van der Waals surface area contributed by atoms with Crippen molar-refractivity contribution >= 4 is 16.0 Å². The maximum Gasteiger partial charge on any atom is 0.352 e. The predicted molar refractivity (Wildman–Crippen MR) is 74.2 cm³/mol. The zero-order valence-corrected chi connectivity index (χ0v) is 12.5. The molecule has 20 heavy (non-hydrogen) atoms. The van der Waals surface area contributed by atoms with Crippen LogP contribution in [-0.4, -0.2) is 30.1 Å². The number of sulfonamides is 1. The number of hydrogen-bond acceptors (Lipinski definition) is 3. The molecule has 1 aliphatic carbocycles. The normalized spacial score (nSPS) is 17.1. The lowest BCUT2D eigenvalue weighted by Gasteiger charge is -2.12. The van der Waals surface area contributed by atoms with Gasteiger partial charge in [0, 0.05) is 18.8 Å². The second-order valence-electron chi connectivity index (χ2n) is 5.35. The first-order valence-corrected chi connectivity index (χ1v) is 8.27. The van der Waals surface area contributed by atoms with E-state index in [2.05, 4.69) is 4.72 Å². The molecule has 112 valence electrons. The van der Waals surface area contributed by atoms with Crippen LogP contribution in [0.3, 0.4) is 0 Å². The summed E-state index contributed by atoms with van der Waals surface area (Å²) >= 11 is 0. The number of nitrogens with zero attached hydrogens (tertiary/aromatic N) is 1. The zero-order valence-electron chi connectivity index (χ0n) is 11.7. The van der Waals surface area contributed by atoms with Crippen LogP contribution in [0.5, 0.6) is 0 Å². The lowest BCUT2D eigenvalue weighted by Crippen LogP contribution is -2.32. The third-order valence-corrected chi connectivity index (χ3v) is 5.04. The number of aromatic carboxylic acids is 1. The minimum atomic E-state index is -3.66. The van der Waals surface area contributed by atoms with Gasteiger partial charge in [-0.15, -0.1) is 0 Å². The topological polar surface area (TPSA) is 88.4 Å². The summed E-state index contributed by atoms with van der Waals surface area (Å²) < 4.78 is 28.5. The predicted octanol–water partition coefficient (Wildman–Crippen LogP) is 1.67. The van der Waals surface area contributed by atoms with E-state index in [9.17, 15) is 13.2 Å². The Hall–Kier alpha value is -1.34. The standard InChI is InChI=1S/C13H20N2O4S/c1-3-15-8-11(7-12(15)13(16)17)20(18,19)14-9(2)6-10-4-5-10/h7-10,14H,3-6H2,1-2H3,(H,16,17). The van der Waals surface area contributed by atoms with E-state index in [1.807, 2.05) is 6.92 Å². The molecule has 1 fully saturated rings. The largest absolute Gasteiger partial charge is 0.477 e. The Labute approximate surface area is 118 Å². The summed E-state index contributed by atoms with van der Waals surface area (Å²) in [6.07, 6.45) is 4.54. The molecule has 1 atom stereocenters. The average Bonchev–Trinajstić information content (AvgIpc) is 3.03. The summed E-state index contributed by atoms with van der Waals surface area (Å²) in [5.74, 6) is -0.498. The molecule has 0 bridgehead atoms. The van der Waals surface area contributed by atoms with Gasteiger partial charge in [0.25, 0.3) is 0 Å². The average molecular weight is 300 g/mol. The van der Waals surface area contributed by atoms with Crippen molar-refractivity contribution in [3.8, 4) is 0 Å². The van der Waals surface area contributed by atoms with Crippen molar-refractivity contribution < 1.29 is 18.3 Å².